The zero-order chi connectivity index (χ0) is 19.2. The fourth-order valence-corrected chi connectivity index (χ4v) is 3.43. The normalized spacial score (nSPS) is 10.5. The van der Waals surface area contributed by atoms with Gasteiger partial charge in [-0.3, -0.25) is 4.79 Å². The lowest BCUT2D eigenvalue weighted by atomic mass is 10.1. The SMILES string of the molecule is COc1ccc(NC(=O)c2nc(SCc3ccccc3C)ncc2Cl)cc1. The predicted octanol–water partition coefficient (Wildman–Crippen LogP) is 4.99. The van der Waals surface area contributed by atoms with E-state index in [1.54, 1.807) is 31.4 Å². The van der Waals surface area contributed by atoms with Gasteiger partial charge in [-0.05, 0) is 42.3 Å². The van der Waals surface area contributed by atoms with Gasteiger partial charge in [-0.25, -0.2) is 9.97 Å². The molecule has 1 N–H and O–H groups in total. The fraction of sp³-hybridized carbons (Fsp3) is 0.150. The van der Waals surface area contributed by atoms with Crippen LogP contribution in [0.5, 0.6) is 5.75 Å². The molecule has 0 aliphatic heterocycles. The second-order valence-electron chi connectivity index (χ2n) is 5.75. The number of hydrogen-bond donors (Lipinski definition) is 1. The van der Waals surface area contributed by atoms with Gasteiger partial charge in [0.05, 0.1) is 18.3 Å². The van der Waals surface area contributed by atoms with Crippen LogP contribution < -0.4 is 10.1 Å². The van der Waals surface area contributed by atoms with Crippen molar-refractivity contribution in [2.45, 2.75) is 17.8 Å². The molecule has 3 rings (SSSR count). The summed E-state index contributed by atoms with van der Waals surface area (Å²) in [7, 11) is 1.59. The van der Waals surface area contributed by atoms with Crippen LogP contribution in [0, 0.1) is 6.92 Å². The Morgan fingerprint density at radius 3 is 2.63 bits per heavy atom. The minimum absolute atomic E-state index is 0.148. The van der Waals surface area contributed by atoms with Gasteiger partial charge in [0.1, 0.15) is 5.75 Å². The predicted molar refractivity (Wildman–Crippen MR) is 109 cm³/mol. The van der Waals surface area contributed by atoms with Crippen molar-refractivity contribution >= 4 is 35.0 Å². The Labute approximate surface area is 167 Å². The van der Waals surface area contributed by atoms with Crippen LogP contribution in [0.3, 0.4) is 0 Å². The van der Waals surface area contributed by atoms with E-state index in [0.717, 1.165) is 0 Å². The highest BCUT2D eigenvalue weighted by atomic mass is 35.5. The van der Waals surface area contributed by atoms with Crippen molar-refractivity contribution in [2.24, 2.45) is 0 Å². The Hall–Kier alpha value is -2.57. The first-order valence-corrected chi connectivity index (χ1v) is 9.58. The summed E-state index contributed by atoms with van der Waals surface area (Å²) >= 11 is 7.59. The Bertz CT molecular complexity index is 948. The number of halogens is 1. The number of amides is 1. The third-order valence-electron chi connectivity index (χ3n) is 3.90. The third-order valence-corrected chi connectivity index (χ3v) is 5.09. The molecular weight excluding hydrogens is 382 g/mol. The minimum Gasteiger partial charge on any atom is -0.497 e. The number of carbonyl (C=O) groups excluding carboxylic acids is 1. The van der Waals surface area contributed by atoms with Crippen LogP contribution in [-0.4, -0.2) is 23.0 Å². The van der Waals surface area contributed by atoms with Gasteiger partial charge in [0.15, 0.2) is 10.9 Å². The van der Waals surface area contributed by atoms with Crippen LogP contribution in [0.4, 0.5) is 5.69 Å². The lowest BCUT2D eigenvalue weighted by molar-refractivity contribution is 0.102. The average Bonchev–Trinajstić information content (AvgIpc) is 2.69. The number of aryl methyl sites for hydroxylation is 1. The molecule has 5 nitrogen and oxygen atoms in total. The number of thioether (sulfide) groups is 1. The Morgan fingerprint density at radius 2 is 1.93 bits per heavy atom. The Balaban J connectivity index is 1.72. The van der Waals surface area contributed by atoms with Crippen molar-refractivity contribution in [3.8, 4) is 5.75 Å². The van der Waals surface area contributed by atoms with E-state index < -0.39 is 0 Å². The van der Waals surface area contributed by atoms with Gasteiger partial charge >= 0.3 is 0 Å². The van der Waals surface area contributed by atoms with Gasteiger partial charge in [0, 0.05) is 11.4 Å². The molecule has 0 saturated carbocycles. The number of benzene rings is 2. The van der Waals surface area contributed by atoms with E-state index in [1.165, 1.54) is 29.1 Å². The average molecular weight is 400 g/mol. The number of aromatic nitrogens is 2. The van der Waals surface area contributed by atoms with E-state index >= 15 is 0 Å². The molecule has 7 heteroatoms. The summed E-state index contributed by atoms with van der Waals surface area (Å²) in [4.78, 5) is 21.1. The molecule has 0 radical (unpaired) electrons. The van der Waals surface area contributed by atoms with Gasteiger partial charge < -0.3 is 10.1 Å². The minimum atomic E-state index is -0.384. The van der Waals surface area contributed by atoms with E-state index in [0.29, 0.717) is 22.3 Å². The summed E-state index contributed by atoms with van der Waals surface area (Å²) in [6.45, 7) is 2.06. The third kappa shape index (κ3) is 4.99. The molecule has 1 aromatic heterocycles. The summed E-state index contributed by atoms with van der Waals surface area (Å²) in [5.74, 6) is 1.04. The monoisotopic (exact) mass is 399 g/mol. The highest BCUT2D eigenvalue weighted by molar-refractivity contribution is 7.98. The zero-order valence-electron chi connectivity index (χ0n) is 14.9. The number of rotatable bonds is 6. The van der Waals surface area contributed by atoms with Crippen LogP contribution in [0.1, 0.15) is 21.6 Å². The van der Waals surface area contributed by atoms with Crippen molar-refractivity contribution < 1.29 is 9.53 Å². The van der Waals surface area contributed by atoms with Gasteiger partial charge in [-0.15, -0.1) is 0 Å². The van der Waals surface area contributed by atoms with Crippen LogP contribution in [0.25, 0.3) is 0 Å². The molecule has 0 atom stereocenters. The van der Waals surface area contributed by atoms with Gasteiger partial charge in [0.2, 0.25) is 0 Å². The lowest BCUT2D eigenvalue weighted by Crippen LogP contribution is -2.15. The Morgan fingerprint density at radius 1 is 1.19 bits per heavy atom. The topological polar surface area (TPSA) is 64.1 Å². The van der Waals surface area contributed by atoms with E-state index in [-0.39, 0.29) is 16.6 Å². The first-order chi connectivity index (χ1) is 13.1. The zero-order valence-corrected chi connectivity index (χ0v) is 16.5. The molecule has 0 fully saturated rings. The molecule has 0 aliphatic carbocycles. The quantitative estimate of drug-likeness (QED) is 0.467. The number of ether oxygens (including phenoxy) is 1. The maximum Gasteiger partial charge on any atom is 0.275 e. The largest absolute Gasteiger partial charge is 0.497 e. The van der Waals surface area contributed by atoms with E-state index in [2.05, 4.69) is 34.3 Å². The molecule has 0 unspecified atom stereocenters. The van der Waals surface area contributed by atoms with Gasteiger partial charge in [-0.1, -0.05) is 47.6 Å². The molecule has 2 aromatic carbocycles. The number of nitrogens with zero attached hydrogens (tertiary/aromatic N) is 2. The maximum atomic E-state index is 12.5. The number of nitrogens with one attached hydrogen (secondary N) is 1. The molecule has 3 aromatic rings. The first kappa shape index (κ1) is 19.2. The number of hydrogen-bond acceptors (Lipinski definition) is 5. The molecule has 0 spiro atoms. The highest BCUT2D eigenvalue weighted by Crippen LogP contribution is 2.24. The molecule has 0 saturated heterocycles. The molecule has 0 aliphatic rings. The molecule has 27 heavy (non-hydrogen) atoms. The summed E-state index contributed by atoms with van der Waals surface area (Å²) in [6, 6.07) is 15.2. The summed E-state index contributed by atoms with van der Waals surface area (Å²) < 4.78 is 5.11. The highest BCUT2D eigenvalue weighted by Gasteiger charge is 2.15. The van der Waals surface area contributed by atoms with Crippen molar-refractivity contribution in [1.82, 2.24) is 9.97 Å². The van der Waals surface area contributed by atoms with E-state index in [4.69, 9.17) is 16.3 Å². The standard InChI is InChI=1S/C20H18ClN3O2S/c1-13-5-3-4-6-14(13)12-27-20-22-11-17(21)18(24-20)19(25)23-15-7-9-16(26-2)10-8-15/h3-11H,12H2,1-2H3,(H,23,25). The van der Waals surface area contributed by atoms with Crippen LogP contribution in [0.2, 0.25) is 5.02 Å². The number of methoxy groups -OCH3 is 1. The second kappa shape index (κ2) is 8.88. The molecule has 1 heterocycles. The molecule has 138 valence electrons. The van der Waals surface area contributed by atoms with Crippen LogP contribution in [0.15, 0.2) is 59.9 Å². The summed E-state index contributed by atoms with van der Waals surface area (Å²) in [5, 5.41) is 3.49. The van der Waals surface area contributed by atoms with E-state index in [1.807, 2.05) is 12.1 Å². The first-order valence-electron chi connectivity index (χ1n) is 8.22. The lowest BCUT2D eigenvalue weighted by Gasteiger charge is -2.09. The van der Waals surface area contributed by atoms with Crippen molar-refractivity contribution in [3.05, 3.63) is 76.6 Å². The number of carbonyl (C=O) groups is 1. The second-order valence-corrected chi connectivity index (χ2v) is 7.10. The maximum absolute atomic E-state index is 12.5. The molecule has 1 amide bonds. The smallest absolute Gasteiger partial charge is 0.275 e. The van der Waals surface area contributed by atoms with E-state index in [9.17, 15) is 4.79 Å². The van der Waals surface area contributed by atoms with Crippen molar-refractivity contribution in [3.63, 3.8) is 0 Å². The van der Waals surface area contributed by atoms with Crippen LogP contribution in [-0.2, 0) is 5.75 Å². The summed E-state index contributed by atoms with van der Waals surface area (Å²) in [5.41, 5.74) is 3.18. The number of anilines is 1. The van der Waals surface area contributed by atoms with Gasteiger partial charge in [0.25, 0.3) is 5.91 Å². The van der Waals surface area contributed by atoms with Crippen molar-refractivity contribution in [2.75, 3.05) is 12.4 Å². The molecule has 0 bridgehead atoms. The van der Waals surface area contributed by atoms with Crippen LogP contribution >= 0.6 is 23.4 Å². The van der Waals surface area contributed by atoms with Gasteiger partial charge in [-0.2, -0.15) is 0 Å². The van der Waals surface area contributed by atoms with Crippen molar-refractivity contribution in [1.29, 1.82) is 0 Å². The fourth-order valence-electron chi connectivity index (χ4n) is 2.36. The summed E-state index contributed by atoms with van der Waals surface area (Å²) in [6.07, 6.45) is 1.46. The Kier molecular flexibility index (Phi) is 6.32. The molecular formula is C20H18ClN3O2S.